The molecule has 0 spiro atoms. The van der Waals surface area contributed by atoms with Crippen molar-refractivity contribution >= 4 is 11.3 Å². The van der Waals surface area contributed by atoms with Crippen LogP contribution in [0.15, 0.2) is 6.07 Å². The van der Waals surface area contributed by atoms with Crippen molar-refractivity contribution < 1.29 is 4.74 Å². The number of hydrogen-bond acceptors (Lipinski definition) is 4. The van der Waals surface area contributed by atoms with Gasteiger partial charge in [0.2, 0.25) is 0 Å². The number of aryl methyl sites for hydroxylation is 2. The Hall–Kier alpha value is -0.420. The van der Waals surface area contributed by atoms with Crippen molar-refractivity contribution in [2.45, 2.75) is 33.2 Å². The van der Waals surface area contributed by atoms with Gasteiger partial charge in [-0.25, -0.2) is 0 Å². The summed E-state index contributed by atoms with van der Waals surface area (Å²) < 4.78 is 5.36. The van der Waals surface area contributed by atoms with E-state index in [4.69, 9.17) is 4.74 Å². The van der Waals surface area contributed by atoms with E-state index < -0.39 is 0 Å². The van der Waals surface area contributed by atoms with Crippen LogP contribution in [0.25, 0.3) is 0 Å². The SMILES string of the molecule is Cc1cc(C(C)NCCCN2CCOCC2)c(C)s1. The molecular weight excluding hydrogens is 256 g/mol. The lowest BCUT2D eigenvalue weighted by atomic mass is 10.1. The first-order chi connectivity index (χ1) is 9.16. The molecule has 1 atom stereocenters. The van der Waals surface area contributed by atoms with Gasteiger partial charge in [0.05, 0.1) is 13.2 Å². The first-order valence-electron chi connectivity index (χ1n) is 7.27. The quantitative estimate of drug-likeness (QED) is 0.812. The molecule has 1 aromatic rings. The lowest BCUT2D eigenvalue weighted by molar-refractivity contribution is 0.0374. The van der Waals surface area contributed by atoms with Crippen LogP contribution in [0.2, 0.25) is 0 Å². The van der Waals surface area contributed by atoms with Crippen LogP contribution in [0.5, 0.6) is 0 Å². The summed E-state index contributed by atoms with van der Waals surface area (Å²) in [6.45, 7) is 12.9. The van der Waals surface area contributed by atoms with E-state index in [0.717, 1.165) is 32.8 Å². The molecule has 3 nitrogen and oxygen atoms in total. The van der Waals surface area contributed by atoms with E-state index in [-0.39, 0.29) is 0 Å². The van der Waals surface area contributed by atoms with E-state index in [1.165, 1.54) is 28.3 Å². The Kier molecular flexibility index (Phi) is 5.82. The molecule has 19 heavy (non-hydrogen) atoms. The van der Waals surface area contributed by atoms with Crippen LogP contribution >= 0.6 is 11.3 Å². The molecule has 0 saturated carbocycles. The Bertz CT molecular complexity index is 385. The zero-order chi connectivity index (χ0) is 13.7. The second kappa shape index (κ2) is 7.39. The van der Waals surface area contributed by atoms with Crippen molar-refractivity contribution in [1.82, 2.24) is 10.2 Å². The molecule has 0 aromatic carbocycles. The third kappa shape index (κ3) is 4.56. The molecule has 0 amide bonds. The number of morpholine rings is 1. The maximum absolute atomic E-state index is 5.36. The molecule has 2 heterocycles. The molecule has 1 saturated heterocycles. The lowest BCUT2D eigenvalue weighted by Gasteiger charge is -2.26. The van der Waals surface area contributed by atoms with Crippen LogP contribution in [0, 0.1) is 13.8 Å². The highest BCUT2D eigenvalue weighted by molar-refractivity contribution is 7.12. The fourth-order valence-corrected chi connectivity index (χ4v) is 3.66. The second-order valence-corrected chi connectivity index (χ2v) is 6.81. The third-order valence-corrected chi connectivity index (χ3v) is 4.73. The lowest BCUT2D eigenvalue weighted by Crippen LogP contribution is -2.37. The van der Waals surface area contributed by atoms with Crippen molar-refractivity contribution in [2.75, 3.05) is 39.4 Å². The predicted molar refractivity (Wildman–Crippen MR) is 82.1 cm³/mol. The Balaban J connectivity index is 1.66. The molecule has 4 heteroatoms. The average Bonchev–Trinajstić information content (AvgIpc) is 2.75. The number of ether oxygens (including phenoxy) is 1. The summed E-state index contributed by atoms with van der Waals surface area (Å²) in [6.07, 6.45) is 1.21. The molecule has 0 radical (unpaired) electrons. The highest BCUT2D eigenvalue weighted by Gasteiger charge is 2.12. The van der Waals surface area contributed by atoms with Crippen LogP contribution in [0.4, 0.5) is 0 Å². The van der Waals surface area contributed by atoms with Gasteiger partial charge in [0, 0.05) is 28.9 Å². The fraction of sp³-hybridized carbons (Fsp3) is 0.733. The largest absolute Gasteiger partial charge is 0.379 e. The highest BCUT2D eigenvalue weighted by Crippen LogP contribution is 2.25. The van der Waals surface area contributed by atoms with Gasteiger partial charge in [0.15, 0.2) is 0 Å². The van der Waals surface area contributed by atoms with E-state index >= 15 is 0 Å². The number of rotatable bonds is 6. The minimum atomic E-state index is 0.467. The normalized spacial score (nSPS) is 18.7. The summed E-state index contributed by atoms with van der Waals surface area (Å²) >= 11 is 1.90. The van der Waals surface area contributed by atoms with Crippen LogP contribution < -0.4 is 5.32 Å². The van der Waals surface area contributed by atoms with Gasteiger partial charge in [-0.3, -0.25) is 4.90 Å². The van der Waals surface area contributed by atoms with Crippen molar-refractivity contribution in [3.05, 3.63) is 21.4 Å². The summed E-state index contributed by atoms with van der Waals surface area (Å²) in [5.41, 5.74) is 1.47. The van der Waals surface area contributed by atoms with E-state index in [1.807, 2.05) is 11.3 Å². The summed E-state index contributed by atoms with van der Waals surface area (Å²) in [7, 11) is 0. The average molecular weight is 282 g/mol. The molecule has 108 valence electrons. The van der Waals surface area contributed by atoms with Gasteiger partial charge in [-0.2, -0.15) is 0 Å². The molecule has 0 bridgehead atoms. The maximum Gasteiger partial charge on any atom is 0.0594 e. The predicted octanol–water partition coefficient (Wildman–Crippen LogP) is 2.74. The minimum Gasteiger partial charge on any atom is -0.379 e. The fourth-order valence-electron chi connectivity index (χ4n) is 2.64. The standard InChI is InChI=1S/C15H26N2OS/c1-12-11-15(14(3)19-12)13(2)16-5-4-6-17-7-9-18-10-8-17/h11,13,16H,4-10H2,1-3H3. The number of thiophene rings is 1. The van der Waals surface area contributed by atoms with Gasteiger partial charge in [0.25, 0.3) is 0 Å². The Morgan fingerprint density at radius 3 is 2.74 bits per heavy atom. The summed E-state index contributed by atoms with van der Waals surface area (Å²) in [5, 5.41) is 3.64. The first-order valence-corrected chi connectivity index (χ1v) is 8.09. The van der Waals surface area contributed by atoms with Gasteiger partial charge in [0.1, 0.15) is 0 Å². The monoisotopic (exact) mass is 282 g/mol. The highest BCUT2D eigenvalue weighted by atomic mass is 32.1. The topological polar surface area (TPSA) is 24.5 Å². The molecule has 0 aliphatic carbocycles. The molecular formula is C15H26N2OS. The summed E-state index contributed by atoms with van der Waals surface area (Å²) in [6, 6.07) is 2.79. The van der Waals surface area contributed by atoms with Crippen molar-refractivity contribution in [2.24, 2.45) is 0 Å². The third-order valence-electron chi connectivity index (χ3n) is 3.75. The van der Waals surface area contributed by atoms with Gasteiger partial charge in [-0.1, -0.05) is 0 Å². The molecule has 1 aliphatic rings. The number of hydrogen-bond donors (Lipinski definition) is 1. The van der Waals surface area contributed by atoms with Gasteiger partial charge >= 0.3 is 0 Å². The molecule has 1 unspecified atom stereocenters. The summed E-state index contributed by atoms with van der Waals surface area (Å²) in [5.74, 6) is 0. The van der Waals surface area contributed by atoms with Crippen molar-refractivity contribution in [3.63, 3.8) is 0 Å². The minimum absolute atomic E-state index is 0.467. The Morgan fingerprint density at radius 1 is 1.37 bits per heavy atom. The zero-order valence-electron chi connectivity index (χ0n) is 12.4. The maximum atomic E-state index is 5.36. The van der Waals surface area contributed by atoms with Crippen LogP contribution in [-0.4, -0.2) is 44.3 Å². The molecule has 1 N–H and O–H groups in total. The molecule has 1 fully saturated rings. The second-order valence-electron chi connectivity index (χ2n) is 5.35. The smallest absolute Gasteiger partial charge is 0.0594 e. The summed E-state index contributed by atoms with van der Waals surface area (Å²) in [4.78, 5) is 5.36. The Labute approximate surface area is 121 Å². The van der Waals surface area contributed by atoms with Gasteiger partial charge < -0.3 is 10.1 Å². The zero-order valence-corrected chi connectivity index (χ0v) is 13.2. The molecule has 1 aromatic heterocycles. The van der Waals surface area contributed by atoms with Crippen LogP contribution in [0.3, 0.4) is 0 Å². The van der Waals surface area contributed by atoms with E-state index in [0.29, 0.717) is 6.04 Å². The van der Waals surface area contributed by atoms with Crippen LogP contribution in [0.1, 0.15) is 34.7 Å². The Morgan fingerprint density at radius 2 is 2.11 bits per heavy atom. The van der Waals surface area contributed by atoms with Crippen LogP contribution in [-0.2, 0) is 4.74 Å². The van der Waals surface area contributed by atoms with Crippen molar-refractivity contribution in [1.29, 1.82) is 0 Å². The molecule has 1 aliphatic heterocycles. The number of nitrogens with zero attached hydrogens (tertiary/aromatic N) is 1. The molecule has 2 rings (SSSR count). The van der Waals surface area contributed by atoms with E-state index in [2.05, 4.69) is 37.1 Å². The van der Waals surface area contributed by atoms with E-state index in [9.17, 15) is 0 Å². The van der Waals surface area contributed by atoms with Gasteiger partial charge in [-0.05, 0) is 51.9 Å². The van der Waals surface area contributed by atoms with E-state index in [1.54, 1.807) is 0 Å². The number of nitrogens with one attached hydrogen (secondary N) is 1. The van der Waals surface area contributed by atoms with Crippen molar-refractivity contribution in [3.8, 4) is 0 Å². The first kappa shape index (κ1) is 15.0. The van der Waals surface area contributed by atoms with Gasteiger partial charge in [-0.15, -0.1) is 11.3 Å².